The van der Waals surface area contributed by atoms with Crippen LogP contribution in [0.5, 0.6) is 5.75 Å². The van der Waals surface area contributed by atoms with Gasteiger partial charge in [0.2, 0.25) is 11.8 Å². The molecule has 6 heteroatoms. The van der Waals surface area contributed by atoms with Crippen LogP contribution in [0.15, 0.2) is 24.3 Å². The lowest BCUT2D eigenvalue weighted by atomic mass is 9.92. The number of nitrogens with one attached hydrogen (secondary N) is 1. The van der Waals surface area contributed by atoms with Crippen molar-refractivity contribution in [2.75, 3.05) is 40.8 Å². The zero-order valence-electron chi connectivity index (χ0n) is 15.2. The van der Waals surface area contributed by atoms with Gasteiger partial charge in [-0.1, -0.05) is 12.1 Å². The molecule has 0 unspecified atom stereocenters. The van der Waals surface area contributed by atoms with Gasteiger partial charge in [0, 0.05) is 26.6 Å². The number of ether oxygens (including phenoxy) is 1. The van der Waals surface area contributed by atoms with E-state index >= 15 is 0 Å². The molecule has 0 aromatic heterocycles. The van der Waals surface area contributed by atoms with E-state index in [0.717, 1.165) is 37.4 Å². The van der Waals surface area contributed by atoms with Gasteiger partial charge < -0.3 is 19.9 Å². The van der Waals surface area contributed by atoms with Gasteiger partial charge in [0.1, 0.15) is 5.75 Å². The lowest BCUT2D eigenvalue weighted by Gasteiger charge is -2.28. The second-order valence-corrected chi connectivity index (χ2v) is 7.03. The van der Waals surface area contributed by atoms with Crippen LogP contribution in [0.4, 0.5) is 0 Å². The number of likely N-dealkylation sites (tertiary alicyclic amines) is 2. The first kappa shape index (κ1) is 17.7. The van der Waals surface area contributed by atoms with E-state index in [9.17, 15) is 9.59 Å². The Kier molecular flexibility index (Phi) is 5.27. The quantitative estimate of drug-likeness (QED) is 0.873. The summed E-state index contributed by atoms with van der Waals surface area (Å²) in [6.07, 6.45) is 1.31. The zero-order chi connectivity index (χ0) is 18.0. The van der Waals surface area contributed by atoms with Crippen LogP contribution in [0, 0.1) is 11.8 Å². The van der Waals surface area contributed by atoms with E-state index < -0.39 is 0 Å². The Morgan fingerprint density at radius 1 is 1.32 bits per heavy atom. The van der Waals surface area contributed by atoms with Crippen LogP contribution in [0.2, 0.25) is 0 Å². The summed E-state index contributed by atoms with van der Waals surface area (Å²) in [5.74, 6) is 1.11. The third kappa shape index (κ3) is 3.49. The lowest BCUT2D eigenvalue weighted by Crippen LogP contribution is -2.37. The summed E-state index contributed by atoms with van der Waals surface area (Å²) in [5.41, 5.74) is 0.985. The van der Waals surface area contributed by atoms with Gasteiger partial charge in [-0.05, 0) is 43.6 Å². The molecule has 2 aliphatic rings. The van der Waals surface area contributed by atoms with Crippen LogP contribution in [0.1, 0.15) is 24.4 Å². The Labute approximate surface area is 149 Å². The van der Waals surface area contributed by atoms with Crippen LogP contribution in [-0.4, -0.2) is 62.5 Å². The highest BCUT2D eigenvalue weighted by Gasteiger charge is 2.45. The molecule has 1 N–H and O–H groups in total. The molecule has 25 heavy (non-hydrogen) atoms. The molecule has 2 saturated heterocycles. The average Bonchev–Trinajstić information content (AvgIpc) is 3.20. The van der Waals surface area contributed by atoms with Crippen LogP contribution >= 0.6 is 0 Å². The van der Waals surface area contributed by atoms with Crippen molar-refractivity contribution in [3.8, 4) is 5.75 Å². The third-order valence-electron chi connectivity index (χ3n) is 5.45. The number of rotatable bonds is 5. The maximum absolute atomic E-state index is 13.1. The Morgan fingerprint density at radius 2 is 2.04 bits per heavy atom. The smallest absolute Gasteiger partial charge is 0.228 e. The molecule has 0 spiro atoms. The first-order valence-electron chi connectivity index (χ1n) is 8.88. The van der Waals surface area contributed by atoms with Crippen molar-refractivity contribution in [2.24, 2.45) is 11.8 Å². The van der Waals surface area contributed by atoms with Crippen molar-refractivity contribution in [3.05, 3.63) is 29.8 Å². The molecule has 136 valence electrons. The summed E-state index contributed by atoms with van der Waals surface area (Å²) in [5, 5.41) is 3.19. The maximum atomic E-state index is 13.1. The number of benzene rings is 1. The van der Waals surface area contributed by atoms with Gasteiger partial charge >= 0.3 is 0 Å². The Hall–Kier alpha value is -2.08. The number of hydrogen-bond acceptors (Lipinski definition) is 4. The summed E-state index contributed by atoms with van der Waals surface area (Å²) in [7, 11) is 5.36. The van der Waals surface area contributed by atoms with E-state index in [-0.39, 0.29) is 23.8 Å². The molecule has 1 aromatic rings. The van der Waals surface area contributed by atoms with Crippen LogP contribution in [-0.2, 0) is 9.59 Å². The number of amides is 2. The van der Waals surface area contributed by atoms with Crippen molar-refractivity contribution >= 4 is 11.8 Å². The van der Waals surface area contributed by atoms with Crippen LogP contribution in [0.3, 0.4) is 0 Å². The molecular weight excluding hydrogens is 318 g/mol. The lowest BCUT2D eigenvalue weighted by molar-refractivity contribution is -0.135. The number of hydrogen-bond donors (Lipinski definition) is 1. The highest BCUT2D eigenvalue weighted by Crippen LogP contribution is 2.39. The van der Waals surface area contributed by atoms with E-state index in [4.69, 9.17) is 4.74 Å². The average molecular weight is 345 g/mol. The van der Waals surface area contributed by atoms with Gasteiger partial charge in [-0.2, -0.15) is 0 Å². The molecule has 0 radical (unpaired) electrons. The molecule has 6 nitrogen and oxygen atoms in total. The Balaban J connectivity index is 1.78. The van der Waals surface area contributed by atoms with Crippen LogP contribution in [0.25, 0.3) is 0 Å². The number of carbonyl (C=O) groups excluding carboxylic acids is 2. The normalized spacial score (nSPS) is 26.4. The van der Waals surface area contributed by atoms with Gasteiger partial charge in [-0.3, -0.25) is 9.59 Å². The van der Waals surface area contributed by atoms with Gasteiger partial charge in [0.15, 0.2) is 0 Å². The third-order valence-corrected chi connectivity index (χ3v) is 5.45. The van der Waals surface area contributed by atoms with Crippen molar-refractivity contribution in [2.45, 2.75) is 18.9 Å². The highest BCUT2D eigenvalue weighted by molar-refractivity contribution is 5.90. The minimum absolute atomic E-state index is 0.0325. The molecule has 0 bridgehead atoms. The fourth-order valence-corrected chi connectivity index (χ4v) is 4.07. The monoisotopic (exact) mass is 345 g/mol. The summed E-state index contributed by atoms with van der Waals surface area (Å²) in [6, 6.07) is 7.46. The molecule has 0 saturated carbocycles. The molecule has 3 atom stereocenters. The summed E-state index contributed by atoms with van der Waals surface area (Å²) in [6.45, 7) is 2.49. The summed E-state index contributed by atoms with van der Waals surface area (Å²) in [4.78, 5) is 29.0. The molecule has 2 aliphatic heterocycles. The van der Waals surface area contributed by atoms with E-state index in [1.807, 2.05) is 36.2 Å². The molecule has 2 fully saturated rings. The van der Waals surface area contributed by atoms with Crippen molar-refractivity contribution in [1.82, 2.24) is 15.1 Å². The maximum Gasteiger partial charge on any atom is 0.228 e. The number of methoxy groups -OCH3 is 1. The minimum Gasteiger partial charge on any atom is -0.497 e. The SMILES string of the molecule is CNC[C@@H]1CCN(C(=O)[C@H]2CC(=O)N(C)[C@@H]2c2ccc(OC)cc2)C1. The fourth-order valence-electron chi connectivity index (χ4n) is 4.07. The van der Waals surface area contributed by atoms with Gasteiger partial charge in [-0.15, -0.1) is 0 Å². The largest absolute Gasteiger partial charge is 0.497 e. The second-order valence-electron chi connectivity index (χ2n) is 7.03. The van der Waals surface area contributed by atoms with E-state index in [1.165, 1.54) is 0 Å². The molecule has 1 aromatic carbocycles. The van der Waals surface area contributed by atoms with Gasteiger partial charge in [0.25, 0.3) is 0 Å². The van der Waals surface area contributed by atoms with Gasteiger partial charge in [0.05, 0.1) is 19.1 Å². The molecule has 0 aliphatic carbocycles. The fraction of sp³-hybridized carbons (Fsp3) is 0.579. The van der Waals surface area contributed by atoms with Crippen molar-refractivity contribution in [3.63, 3.8) is 0 Å². The Bertz CT molecular complexity index is 631. The number of carbonyl (C=O) groups is 2. The van der Waals surface area contributed by atoms with E-state index in [1.54, 1.807) is 19.1 Å². The van der Waals surface area contributed by atoms with Gasteiger partial charge in [-0.25, -0.2) is 0 Å². The second kappa shape index (κ2) is 7.44. The minimum atomic E-state index is -0.306. The standard InChI is InChI=1S/C19H27N3O3/c1-20-11-13-8-9-22(12-13)19(24)16-10-17(23)21(2)18(16)14-4-6-15(25-3)7-5-14/h4-7,13,16,18,20H,8-12H2,1-3H3/t13-,16-,18+/m0/s1. The predicted octanol–water partition coefficient (Wildman–Crippen LogP) is 1.28. The first-order valence-corrected chi connectivity index (χ1v) is 8.88. The van der Waals surface area contributed by atoms with E-state index in [0.29, 0.717) is 12.3 Å². The molecule has 2 heterocycles. The summed E-state index contributed by atoms with van der Waals surface area (Å²) < 4.78 is 5.21. The first-order chi connectivity index (χ1) is 12.0. The molecule has 3 rings (SSSR count). The van der Waals surface area contributed by atoms with E-state index in [2.05, 4.69) is 5.32 Å². The Morgan fingerprint density at radius 3 is 2.68 bits per heavy atom. The predicted molar refractivity (Wildman–Crippen MR) is 95.2 cm³/mol. The zero-order valence-corrected chi connectivity index (χ0v) is 15.2. The summed E-state index contributed by atoms with van der Waals surface area (Å²) >= 11 is 0. The highest BCUT2D eigenvalue weighted by atomic mass is 16.5. The molecule has 2 amide bonds. The van der Waals surface area contributed by atoms with Crippen LogP contribution < -0.4 is 10.1 Å². The molecular formula is C19H27N3O3. The van der Waals surface area contributed by atoms with Crippen molar-refractivity contribution in [1.29, 1.82) is 0 Å². The number of nitrogens with zero attached hydrogens (tertiary/aromatic N) is 2. The van der Waals surface area contributed by atoms with Crippen molar-refractivity contribution < 1.29 is 14.3 Å². The topological polar surface area (TPSA) is 61.9 Å².